The van der Waals surface area contributed by atoms with E-state index in [4.69, 9.17) is 0 Å². The highest BCUT2D eigenvalue weighted by molar-refractivity contribution is 7.13. The summed E-state index contributed by atoms with van der Waals surface area (Å²) in [6.07, 6.45) is 8.23. The number of anilines is 2. The number of carbonyl (C=O) groups is 1. The van der Waals surface area contributed by atoms with Crippen LogP contribution in [0.25, 0.3) is 0 Å². The fourth-order valence-electron chi connectivity index (χ4n) is 3.78. The second-order valence-electron chi connectivity index (χ2n) is 6.20. The molecular weight excluding hydrogens is 310 g/mol. The molecule has 2 aromatic heterocycles. The molecule has 1 saturated heterocycles. The van der Waals surface area contributed by atoms with Gasteiger partial charge in [0.25, 0.3) is 5.91 Å². The minimum atomic E-state index is -0.197. The molecule has 0 aromatic carbocycles. The molecule has 6 nitrogen and oxygen atoms in total. The summed E-state index contributed by atoms with van der Waals surface area (Å²) in [5.41, 5.74) is 2.13. The van der Waals surface area contributed by atoms with E-state index >= 15 is 0 Å². The number of carbonyl (C=O) groups excluding carboxylic acids is 1. The van der Waals surface area contributed by atoms with E-state index in [1.807, 2.05) is 12.1 Å². The topological polar surface area (TPSA) is 71.0 Å². The number of hydrogen-bond acceptors (Lipinski definition) is 6. The van der Waals surface area contributed by atoms with Crippen molar-refractivity contribution >= 4 is 28.2 Å². The van der Waals surface area contributed by atoms with Gasteiger partial charge in [-0.25, -0.2) is 4.98 Å². The van der Waals surface area contributed by atoms with Crippen LogP contribution in [0.15, 0.2) is 23.8 Å². The number of nitrogens with one attached hydrogen (secondary N) is 1. The molecule has 2 aliphatic rings. The Morgan fingerprint density at radius 2 is 2.17 bits per heavy atom. The van der Waals surface area contributed by atoms with Crippen molar-refractivity contribution in [1.29, 1.82) is 0 Å². The van der Waals surface area contributed by atoms with Gasteiger partial charge in [0.1, 0.15) is 11.3 Å². The quantitative estimate of drug-likeness (QED) is 0.937. The molecule has 2 atom stereocenters. The first-order chi connectivity index (χ1) is 11.3. The molecule has 1 aliphatic carbocycles. The highest BCUT2D eigenvalue weighted by Gasteiger charge is 2.36. The first kappa shape index (κ1) is 14.6. The third-order valence-corrected chi connectivity index (χ3v) is 5.50. The second kappa shape index (κ2) is 6.23. The molecule has 1 amide bonds. The van der Waals surface area contributed by atoms with Crippen LogP contribution in [-0.2, 0) is 0 Å². The van der Waals surface area contributed by atoms with Crippen LogP contribution in [0.3, 0.4) is 0 Å². The Bertz CT molecular complexity index is 672. The van der Waals surface area contributed by atoms with Crippen LogP contribution >= 0.6 is 11.3 Å². The molecule has 2 aromatic rings. The third kappa shape index (κ3) is 2.93. The molecule has 1 saturated carbocycles. The minimum Gasteiger partial charge on any atom is -0.353 e. The number of rotatable bonds is 3. The van der Waals surface area contributed by atoms with Gasteiger partial charge in [0.05, 0.1) is 5.56 Å². The predicted molar refractivity (Wildman–Crippen MR) is 89.8 cm³/mol. The molecule has 7 heteroatoms. The summed E-state index contributed by atoms with van der Waals surface area (Å²) in [7, 11) is 0. The van der Waals surface area contributed by atoms with Gasteiger partial charge >= 0.3 is 0 Å². The maximum absolute atomic E-state index is 12.1. The molecule has 3 heterocycles. The molecule has 1 aliphatic heterocycles. The van der Waals surface area contributed by atoms with Crippen molar-refractivity contribution in [3.8, 4) is 0 Å². The second-order valence-corrected chi connectivity index (χ2v) is 7.03. The lowest BCUT2D eigenvalue weighted by Crippen LogP contribution is -2.35. The smallest absolute Gasteiger partial charge is 0.259 e. The Labute approximate surface area is 139 Å². The van der Waals surface area contributed by atoms with E-state index in [0.29, 0.717) is 16.7 Å². The molecule has 2 unspecified atom stereocenters. The Balaban J connectivity index is 1.46. The van der Waals surface area contributed by atoms with E-state index in [1.54, 1.807) is 11.7 Å². The zero-order valence-corrected chi connectivity index (χ0v) is 13.6. The van der Waals surface area contributed by atoms with Crippen molar-refractivity contribution in [2.24, 2.45) is 5.92 Å². The summed E-state index contributed by atoms with van der Waals surface area (Å²) < 4.78 is 0. The van der Waals surface area contributed by atoms with Crippen molar-refractivity contribution < 1.29 is 4.79 Å². The number of fused-ring (bicyclic) bond motifs is 1. The highest BCUT2D eigenvalue weighted by Crippen LogP contribution is 2.38. The summed E-state index contributed by atoms with van der Waals surface area (Å²) in [5.74, 6) is 1.62. The van der Waals surface area contributed by atoms with Crippen LogP contribution in [0.5, 0.6) is 0 Å². The first-order valence-electron chi connectivity index (χ1n) is 8.11. The van der Waals surface area contributed by atoms with E-state index in [1.165, 1.54) is 43.4 Å². The average Bonchev–Trinajstić information content (AvgIpc) is 3.24. The third-order valence-electron chi connectivity index (χ3n) is 4.89. The normalized spacial score (nSPS) is 23.6. The minimum absolute atomic E-state index is 0.197. The van der Waals surface area contributed by atoms with E-state index < -0.39 is 0 Å². The number of nitrogens with zero attached hydrogens (tertiary/aromatic N) is 4. The van der Waals surface area contributed by atoms with Crippen molar-refractivity contribution in [3.05, 3.63) is 29.4 Å². The van der Waals surface area contributed by atoms with E-state index in [9.17, 15) is 4.79 Å². The van der Waals surface area contributed by atoms with Gasteiger partial charge in [-0.1, -0.05) is 24.2 Å². The fraction of sp³-hybridized carbons (Fsp3) is 0.500. The number of aromatic nitrogens is 3. The van der Waals surface area contributed by atoms with Crippen LogP contribution < -0.4 is 10.2 Å². The summed E-state index contributed by atoms with van der Waals surface area (Å²) in [4.78, 5) is 19.1. The Morgan fingerprint density at radius 3 is 2.96 bits per heavy atom. The average molecular weight is 329 g/mol. The van der Waals surface area contributed by atoms with Crippen LogP contribution in [0.4, 0.5) is 10.9 Å². The lowest BCUT2D eigenvalue weighted by atomic mass is 9.85. The van der Waals surface area contributed by atoms with Crippen LogP contribution in [0, 0.1) is 5.92 Å². The standard InChI is InChI=1S/C16H19N5OS/c22-15(19-16-20-18-10-23-16)12-5-6-14(17-9-12)21-8-7-11-3-1-2-4-13(11)21/h5-6,9-11,13H,1-4,7-8H2,(H,19,20,22). The van der Waals surface area contributed by atoms with Crippen LogP contribution in [0.1, 0.15) is 42.5 Å². The molecule has 0 radical (unpaired) electrons. The molecule has 4 rings (SSSR count). The lowest BCUT2D eigenvalue weighted by molar-refractivity contribution is 0.102. The monoisotopic (exact) mass is 329 g/mol. The van der Waals surface area contributed by atoms with Gasteiger partial charge < -0.3 is 4.90 Å². The molecule has 23 heavy (non-hydrogen) atoms. The number of pyridine rings is 1. The van der Waals surface area contributed by atoms with Gasteiger partial charge in [-0.15, -0.1) is 10.2 Å². The van der Waals surface area contributed by atoms with E-state index in [2.05, 4.69) is 25.4 Å². The summed E-state index contributed by atoms with van der Waals surface area (Å²) in [5, 5.41) is 10.7. The van der Waals surface area contributed by atoms with Gasteiger partial charge in [0.2, 0.25) is 5.13 Å². The van der Waals surface area contributed by atoms with Crippen molar-refractivity contribution in [1.82, 2.24) is 15.2 Å². The molecule has 0 bridgehead atoms. The maximum Gasteiger partial charge on any atom is 0.259 e. The summed E-state index contributed by atoms with van der Waals surface area (Å²) in [6, 6.07) is 4.44. The van der Waals surface area contributed by atoms with E-state index in [0.717, 1.165) is 18.3 Å². The Kier molecular flexibility index (Phi) is 3.95. The predicted octanol–water partition coefficient (Wildman–Crippen LogP) is 2.95. The van der Waals surface area contributed by atoms with E-state index in [-0.39, 0.29) is 5.91 Å². The lowest BCUT2D eigenvalue weighted by Gasteiger charge is -2.32. The number of amides is 1. The Hall–Kier alpha value is -2.02. The molecule has 120 valence electrons. The first-order valence-corrected chi connectivity index (χ1v) is 8.99. The van der Waals surface area contributed by atoms with Crippen molar-refractivity contribution in [3.63, 3.8) is 0 Å². The van der Waals surface area contributed by atoms with Gasteiger partial charge in [-0.2, -0.15) is 0 Å². The van der Waals surface area contributed by atoms with Crippen molar-refractivity contribution in [2.45, 2.75) is 38.1 Å². The SMILES string of the molecule is O=C(Nc1nncs1)c1ccc(N2CCC3CCCCC32)nc1. The fourth-order valence-corrected chi connectivity index (χ4v) is 4.22. The number of hydrogen-bond donors (Lipinski definition) is 1. The molecule has 2 fully saturated rings. The maximum atomic E-state index is 12.1. The Morgan fingerprint density at radius 1 is 1.26 bits per heavy atom. The summed E-state index contributed by atoms with van der Waals surface area (Å²) >= 11 is 1.30. The van der Waals surface area contributed by atoms with Crippen molar-refractivity contribution in [2.75, 3.05) is 16.8 Å². The largest absolute Gasteiger partial charge is 0.353 e. The highest BCUT2D eigenvalue weighted by atomic mass is 32.1. The zero-order valence-electron chi connectivity index (χ0n) is 12.8. The summed E-state index contributed by atoms with van der Waals surface area (Å²) in [6.45, 7) is 1.08. The van der Waals surface area contributed by atoms with Gasteiger partial charge in [-0.3, -0.25) is 10.1 Å². The van der Waals surface area contributed by atoms with Crippen LogP contribution in [0.2, 0.25) is 0 Å². The van der Waals surface area contributed by atoms with Gasteiger partial charge in [-0.05, 0) is 37.3 Å². The van der Waals surface area contributed by atoms with Gasteiger partial charge in [0, 0.05) is 18.8 Å². The van der Waals surface area contributed by atoms with Gasteiger partial charge in [0.15, 0.2) is 0 Å². The molecule has 1 N–H and O–H groups in total. The molecule has 0 spiro atoms. The van der Waals surface area contributed by atoms with Crippen LogP contribution in [-0.4, -0.2) is 33.7 Å². The molecular formula is C16H19N5OS. The zero-order chi connectivity index (χ0) is 15.6.